The van der Waals surface area contributed by atoms with Crippen molar-refractivity contribution in [2.75, 3.05) is 0 Å². The topological polar surface area (TPSA) is 41.8 Å². The molecule has 0 saturated heterocycles. The highest BCUT2D eigenvalue weighted by Gasteiger charge is 2.34. The van der Waals surface area contributed by atoms with Gasteiger partial charge >= 0.3 is 0 Å². The number of hydrogen-bond donors (Lipinski definition) is 2. The van der Waals surface area contributed by atoms with Gasteiger partial charge in [0.2, 0.25) is 3.79 Å². The summed E-state index contributed by atoms with van der Waals surface area (Å²) in [5.74, 6) is 0. The van der Waals surface area contributed by atoms with Crippen molar-refractivity contribution in [3.8, 4) is 11.1 Å². The van der Waals surface area contributed by atoms with E-state index in [1.54, 1.807) is 0 Å². The summed E-state index contributed by atoms with van der Waals surface area (Å²) in [6.45, 7) is 1.94. The Morgan fingerprint density at radius 3 is 2.32 bits per heavy atom. The fourth-order valence-electron chi connectivity index (χ4n) is 2.81. The maximum atomic E-state index is 6.21. The molecule has 3 N–H and O–H groups in total. The number of H-pyrrole nitrogens is 1. The number of nitrogens with one attached hydrogen (secondary N) is 1. The number of alkyl halides is 3. The minimum absolute atomic E-state index is 0.712. The van der Waals surface area contributed by atoms with E-state index in [0.717, 1.165) is 33.3 Å². The van der Waals surface area contributed by atoms with Gasteiger partial charge in [-0.1, -0.05) is 77.3 Å². The Morgan fingerprint density at radius 2 is 1.68 bits per heavy atom. The van der Waals surface area contributed by atoms with Crippen molar-refractivity contribution in [2.24, 2.45) is 5.73 Å². The summed E-state index contributed by atoms with van der Waals surface area (Å²) >= 11 is 18.1. The van der Waals surface area contributed by atoms with Gasteiger partial charge in [-0.25, -0.2) is 0 Å². The molecule has 0 saturated carbocycles. The molecule has 1 aromatic heterocycles. The second kappa shape index (κ2) is 5.78. The number of rotatable bonds is 2. The van der Waals surface area contributed by atoms with Crippen molar-refractivity contribution in [1.82, 2.24) is 4.98 Å². The summed E-state index contributed by atoms with van der Waals surface area (Å²) in [6.07, 6.45) is 0. The fourth-order valence-corrected chi connectivity index (χ4v) is 3.14. The zero-order chi connectivity index (χ0) is 15.9. The van der Waals surface area contributed by atoms with Crippen LogP contribution in [0, 0.1) is 6.92 Å². The zero-order valence-corrected chi connectivity index (χ0v) is 14.2. The third-order valence-corrected chi connectivity index (χ3v) is 4.51. The van der Waals surface area contributed by atoms with E-state index >= 15 is 0 Å². The van der Waals surface area contributed by atoms with Crippen molar-refractivity contribution in [3.63, 3.8) is 0 Å². The Labute approximate surface area is 144 Å². The minimum Gasteiger partial charge on any atom is -0.358 e. The summed E-state index contributed by atoms with van der Waals surface area (Å²) in [6, 6.07) is 15.5. The number of aromatic nitrogens is 1. The largest absolute Gasteiger partial charge is 0.358 e. The molecule has 3 rings (SSSR count). The number of aromatic amines is 1. The van der Waals surface area contributed by atoms with E-state index < -0.39 is 9.83 Å². The van der Waals surface area contributed by atoms with Crippen molar-refractivity contribution >= 4 is 45.7 Å². The first-order valence-electron chi connectivity index (χ1n) is 6.88. The van der Waals surface area contributed by atoms with Gasteiger partial charge in [-0.15, -0.1) is 0 Å². The molecule has 1 unspecified atom stereocenters. The van der Waals surface area contributed by atoms with Gasteiger partial charge in [-0.2, -0.15) is 0 Å². The average Bonchev–Trinajstić information content (AvgIpc) is 2.82. The fraction of sp³-hybridized carbons (Fsp3) is 0.176. The summed E-state index contributed by atoms with van der Waals surface area (Å²) in [5, 5.41) is 1.00. The Hall–Kier alpha value is -1.19. The van der Waals surface area contributed by atoms with Gasteiger partial charge in [0.1, 0.15) is 0 Å². The molecule has 2 nitrogen and oxygen atoms in total. The lowest BCUT2D eigenvalue weighted by atomic mass is 9.96. The molecule has 0 radical (unpaired) electrons. The Morgan fingerprint density at radius 1 is 1.00 bits per heavy atom. The molecule has 0 spiro atoms. The van der Waals surface area contributed by atoms with Crippen LogP contribution < -0.4 is 5.73 Å². The number of hydrogen-bond acceptors (Lipinski definition) is 1. The van der Waals surface area contributed by atoms with Crippen LogP contribution >= 0.6 is 34.8 Å². The van der Waals surface area contributed by atoms with E-state index in [4.69, 9.17) is 40.5 Å². The summed E-state index contributed by atoms with van der Waals surface area (Å²) in [5.41, 5.74) is 11.1. The van der Waals surface area contributed by atoms with Gasteiger partial charge in [0.15, 0.2) is 0 Å². The highest BCUT2D eigenvalue weighted by molar-refractivity contribution is 6.68. The molecular weight excluding hydrogens is 339 g/mol. The van der Waals surface area contributed by atoms with E-state index in [2.05, 4.69) is 23.2 Å². The van der Waals surface area contributed by atoms with Crippen LogP contribution in [0.3, 0.4) is 0 Å². The van der Waals surface area contributed by atoms with Crippen molar-refractivity contribution in [1.29, 1.82) is 0 Å². The van der Waals surface area contributed by atoms with Gasteiger partial charge < -0.3 is 10.7 Å². The molecular formula is C17H15Cl3N2. The van der Waals surface area contributed by atoms with Gasteiger partial charge in [0.25, 0.3) is 0 Å². The standard InChI is InChI=1S/C17H15Cl3N2/c1-10-14(16(21)17(18,19)20)15-12(8-5-9-13(15)22-10)11-6-3-2-4-7-11/h2-9,16,22H,21H2,1H3. The van der Waals surface area contributed by atoms with Crippen molar-refractivity contribution in [2.45, 2.75) is 16.8 Å². The molecule has 22 heavy (non-hydrogen) atoms. The lowest BCUT2D eigenvalue weighted by Gasteiger charge is -2.21. The number of benzene rings is 2. The first kappa shape index (κ1) is 15.7. The van der Waals surface area contributed by atoms with Gasteiger partial charge in [-0.3, -0.25) is 0 Å². The number of halogens is 3. The molecule has 0 aliphatic carbocycles. The lowest BCUT2D eigenvalue weighted by Crippen LogP contribution is -2.26. The van der Waals surface area contributed by atoms with Crippen molar-refractivity contribution in [3.05, 3.63) is 59.8 Å². The van der Waals surface area contributed by atoms with Crippen molar-refractivity contribution < 1.29 is 0 Å². The SMILES string of the molecule is Cc1[nH]c2cccc(-c3ccccc3)c2c1C(N)C(Cl)(Cl)Cl. The first-order valence-corrected chi connectivity index (χ1v) is 8.02. The molecule has 0 aliphatic rings. The first-order chi connectivity index (χ1) is 10.4. The zero-order valence-electron chi connectivity index (χ0n) is 11.9. The van der Waals surface area contributed by atoms with Gasteiger partial charge in [-0.05, 0) is 24.1 Å². The molecule has 0 bridgehead atoms. The summed E-state index contributed by atoms with van der Waals surface area (Å²) in [7, 11) is 0. The van der Waals surface area contributed by atoms with Crippen LogP contribution in [0.4, 0.5) is 0 Å². The second-order valence-corrected chi connectivity index (χ2v) is 7.65. The maximum absolute atomic E-state index is 6.21. The van der Waals surface area contributed by atoms with Crippen LogP contribution in [0.5, 0.6) is 0 Å². The van der Waals surface area contributed by atoms with E-state index in [1.807, 2.05) is 37.3 Å². The predicted molar refractivity (Wildman–Crippen MR) is 95.7 cm³/mol. The maximum Gasteiger partial charge on any atom is 0.209 e. The third kappa shape index (κ3) is 2.72. The molecule has 2 aromatic carbocycles. The lowest BCUT2D eigenvalue weighted by molar-refractivity contribution is 0.748. The predicted octanol–water partition coefficient (Wildman–Crippen LogP) is 5.51. The molecule has 5 heteroatoms. The molecule has 1 heterocycles. The summed E-state index contributed by atoms with van der Waals surface area (Å²) < 4.78 is -1.57. The van der Waals surface area contributed by atoms with E-state index in [-0.39, 0.29) is 0 Å². The Kier molecular flexibility index (Phi) is 4.13. The molecule has 1 atom stereocenters. The van der Waals surface area contributed by atoms with Gasteiger partial charge in [0.05, 0.1) is 6.04 Å². The summed E-state index contributed by atoms with van der Waals surface area (Å²) in [4.78, 5) is 3.33. The molecule has 3 aromatic rings. The number of nitrogens with two attached hydrogens (primary N) is 1. The normalized spacial score (nSPS) is 13.5. The van der Waals surface area contributed by atoms with Crippen LogP contribution in [0.2, 0.25) is 0 Å². The number of aryl methyl sites for hydroxylation is 1. The van der Waals surface area contributed by atoms with E-state index in [0.29, 0.717) is 0 Å². The highest BCUT2D eigenvalue weighted by atomic mass is 35.6. The number of fused-ring (bicyclic) bond motifs is 1. The quantitative estimate of drug-likeness (QED) is 0.586. The van der Waals surface area contributed by atoms with Crippen LogP contribution in [-0.2, 0) is 0 Å². The smallest absolute Gasteiger partial charge is 0.209 e. The molecule has 0 aliphatic heterocycles. The molecule has 0 fully saturated rings. The monoisotopic (exact) mass is 352 g/mol. The molecule has 114 valence electrons. The Balaban J connectivity index is 2.32. The molecule has 0 amide bonds. The van der Waals surface area contributed by atoms with Crippen LogP contribution in [-0.4, -0.2) is 8.78 Å². The minimum atomic E-state index is -1.57. The third-order valence-electron chi connectivity index (χ3n) is 3.81. The Bertz CT molecular complexity index is 804. The second-order valence-electron chi connectivity index (χ2n) is 5.28. The average molecular weight is 354 g/mol. The van der Waals surface area contributed by atoms with Gasteiger partial charge in [0, 0.05) is 22.2 Å². The van der Waals surface area contributed by atoms with E-state index in [1.165, 1.54) is 0 Å². The van der Waals surface area contributed by atoms with Crippen LogP contribution in [0.1, 0.15) is 17.3 Å². The highest BCUT2D eigenvalue weighted by Crippen LogP contribution is 2.44. The van der Waals surface area contributed by atoms with E-state index in [9.17, 15) is 0 Å². The van der Waals surface area contributed by atoms with Crippen LogP contribution in [0.25, 0.3) is 22.0 Å². The van der Waals surface area contributed by atoms with Crippen LogP contribution in [0.15, 0.2) is 48.5 Å².